The number of nitrogens with zero attached hydrogens (tertiary/aromatic N) is 1. The molecule has 2 N–H and O–H groups in total. The Hall–Kier alpha value is -2.33. The summed E-state index contributed by atoms with van der Waals surface area (Å²) in [6.07, 6.45) is 1.57. The highest BCUT2D eigenvalue weighted by atomic mass is 16.5. The van der Waals surface area contributed by atoms with Gasteiger partial charge in [0, 0.05) is 19.0 Å². The summed E-state index contributed by atoms with van der Waals surface area (Å²) in [7, 11) is 1.67. The van der Waals surface area contributed by atoms with Gasteiger partial charge in [0.25, 0.3) is 0 Å². The summed E-state index contributed by atoms with van der Waals surface area (Å²) >= 11 is 0. The maximum Gasteiger partial charge on any atom is 0.239 e. The van der Waals surface area contributed by atoms with Gasteiger partial charge in [-0.2, -0.15) is 0 Å². The van der Waals surface area contributed by atoms with E-state index in [1.54, 1.807) is 7.11 Å². The van der Waals surface area contributed by atoms with E-state index in [9.17, 15) is 4.79 Å². The number of nitrogens with two attached hydrogens (primary N) is 1. The van der Waals surface area contributed by atoms with Crippen LogP contribution in [0.5, 0.6) is 5.75 Å². The molecular weight excluding hydrogens is 300 g/mol. The molecule has 1 aliphatic rings. The van der Waals surface area contributed by atoms with Crippen molar-refractivity contribution in [1.29, 1.82) is 0 Å². The second-order valence-electron chi connectivity index (χ2n) is 6.34. The third kappa shape index (κ3) is 3.77. The summed E-state index contributed by atoms with van der Waals surface area (Å²) in [6, 6.07) is 17.6. The van der Waals surface area contributed by atoms with E-state index in [-0.39, 0.29) is 5.91 Å². The minimum Gasteiger partial charge on any atom is -0.497 e. The predicted molar refractivity (Wildman–Crippen MR) is 95.1 cm³/mol. The van der Waals surface area contributed by atoms with Crippen LogP contribution in [0, 0.1) is 0 Å². The van der Waals surface area contributed by atoms with E-state index in [1.165, 1.54) is 5.56 Å². The molecule has 0 bridgehead atoms. The lowest BCUT2D eigenvalue weighted by Crippen LogP contribution is -2.43. The van der Waals surface area contributed by atoms with E-state index < -0.39 is 6.04 Å². The highest BCUT2D eigenvalue weighted by Crippen LogP contribution is 2.28. The fraction of sp³-hybridized carbons (Fsp3) is 0.350. The molecule has 1 heterocycles. The van der Waals surface area contributed by atoms with Crippen molar-refractivity contribution >= 4 is 5.91 Å². The average Bonchev–Trinajstić information content (AvgIpc) is 3.12. The van der Waals surface area contributed by atoms with Crippen molar-refractivity contribution in [2.24, 2.45) is 5.73 Å². The number of carbonyl (C=O) groups excluding carboxylic acids is 1. The first-order valence-electron chi connectivity index (χ1n) is 8.39. The predicted octanol–water partition coefficient (Wildman–Crippen LogP) is 2.58. The van der Waals surface area contributed by atoms with Gasteiger partial charge < -0.3 is 15.4 Å². The van der Waals surface area contributed by atoms with Gasteiger partial charge in [-0.1, -0.05) is 42.5 Å². The molecule has 1 saturated heterocycles. The zero-order valence-electron chi connectivity index (χ0n) is 14.0. The standard InChI is InChI=1S/C20H24N2O2/c1-24-18-9-7-16(8-10-18)17-11-12-22(14-17)20(23)19(21)13-15-5-3-2-4-6-15/h2-10,17,19H,11-14,21H2,1H3. The largest absolute Gasteiger partial charge is 0.497 e. The van der Waals surface area contributed by atoms with E-state index in [2.05, 4.69) is 12.1 Å². The molecule has 0 aromatic heterocycles. The SMILES string of the molecule is COc1ccc(C2CCN(C(=O)C(N)Cc3ccccc3)C2)cc1. The molecular formula is C20H24N2O2. The average molecular weight is 324 g/mol. The zero-order valence-corrected chi connectivity index (χ0v) is 14.0. The summed E-state index contributed by atoms with van der Waals surface area (Å²) in [5.74, 6) is 1.29. The quantitative estimate of drug-likeness (QED) is 0.920. The van der Waals surface area contributed by atoms with E-state index in [1.807, 2.05) is 47.4 Å². The Balaban J connectivity index is 1.58. The topological polar surface area (TPSA) is 55.6 Å². The highest BCUT2D eigenvalue weighted by molar-refractivity contribution is 5.82. The van der Waals surface area contributed by atoms with Gasteiger partial charge in [0.2, 0.25) is 5.91 Å². The fourth-order valence-corrected chi connectivity index (χ4v) is 3.30. The fourth-order valence-electron chi connectivity index (χ4n) is 3.30. The Bertz CT molecular complexity index is 670. The smallest absolute Gasteiger partial charge is 0.239 e. The molecule has 2 aromatic rings. The summed E-state index contributed by atoms with van der Waals surface area (Å²) < 4.78 is 5.20. The first-order valence-corrected chi connectivity index (χ1v) is 8.39. The summed E-state index contributed by atoms with van der Waals surface area (Å²) in [5.41, 5.74) is 8.50. The molecule has 2 unspecified atom stereocenters. The summed E-state index contributed by atoms with van der Waals surface area (Å²) in [5, 5.41) is 0. The number of benzene rings is 2. The number of ether oxygens (including phenoxy) is 1. The number of rotatable bonds is 5. The number of likely N-dealkylation sites (tertiary alicyclic amines) is 1. The zero-order chi connectivity index (χ0) is 16.9. The second kappa shape index (κ2) is 7.49. The number of amides is 1. The highest BCUT2D eigenvalue weighted by Gasteiger charge is 2.30. The van der Waals surface area contributed by atoms with E-state index in [0.717, 1.165) is 30.8 Å². The number of carbonyl (C=O) groups is 1. The summed E-state index contributed by atoms with van der Waals surface area (Å²) in [4.78, 5) is 14.5. The van der Waals surface area contributed by atoms with Crippen LogP contribution in [0.2, 0.25) is 0 Å². The van der Waals surface area contributed by atoms with Gasteiger partial charge in [-0.05, 0) is 36.1 Å². The van der Waals surface area contributed by atoms with Crippen LogP contribution >= 0.6 is 0 Å². The molecule has 2 atom stereocenters. The van der Waals surface area contributed by atoms with Gasteiger partial charge in [-0.25, -0.2) is 0 Å². The molecule has 0 radical (unpaired) electrons. The normalized spacial score (nSPS) is 18.4. The van der Waals surface area contributed by atoms with Gasteiger partial charge in [0.15, 0.2) is 0 Å². The van der Waals surface area contributed by atoms with Crippen LogP contribution in [-0.4, -0.2) is 37.0 Å². The van der Waals surface area contributed by atoms with Crippen LogP contribution in [0.25, 0.3) is 0 Å². The number of hydrogen-bond acceptors (Lipinski definition) is 3. The lowest BCUT2D eigenvalue weighted by Gasteiger charge is -2.21. The molecule has 0 saturated carbocycles. The lowest BCUT2D eigenvalue weighted by atomic mass is 9.98. The lowest BCUT2D eigenvalue weighted by molar-refractivity contribution is -0.131. The number of hydrogen-bond donors (Lipinski definition) is 1. The van der Waals surface area contributed by atoms with E-state index in [0.29, 0.717) is 12.3 Å². The van der Waals surface area contributed by atoms with Crippen molar-refractivity contribution in [2.75, 3.05) is 20.2 Å². The Morgan fingerprint density at radius 1 is 1.21 bits per heavy atom. The second-order valence-corrected chi connectivity index (χ2v) is 6.34. The Morgan fingerprint density at radius 3 is 2.58 bits per heavy atom. The minimum absolute atomic E-state index is 0.0508. The molecule has 0 aliphatic carbocycles. The van der Waals surface area contributed by atoms with Gasteiger partial charge in [-0.15, -0.1) is 0 Å². The van der Waals surface area contributed by atoms with Crippen LogP contribution < -0.4 is 10.5 Å². The van der Waals surface area contributed by atoms with Crippen molar-refractivity contribution in [2.45, 2.75) is 24.8 Å². The van der Waals surface area contributed by atoms with Crippen LogP contribution in [0.4, 0.5) is 0 Å². The van der Waals surface area contributed by atoms with Gasteiger partial charge in [0.05, 0.1) is 13.2 Å². The Kier molecular flexibility index (Phi) is 5.16. The van der Waals surface area contributed by atoms with Gasteiger partial charge in [-0.3, -0.25) is 4.79 Å². The Morgan fingerprint density at radius 2 is 1.92 bits per heavy atom. The molecule has 0 spiro atoms. The molecule has 2 aromatic carbocycles. The van der Waals surface area contributed by atoms with Gasteiger partial charge in [0.1, 0.15) is 5.75 Å². The minimum atomic E-state index is -0.470. The molecule has 1 amide bonds. The van der Waals surface area contributed by atoms with Crippen molar-refractivity contribution in [3.63, 3.8) is 0 Å². The maximum atomic E-state index is 12.6. The van der Waals surface area contributed by atoms with E-state index >= 15 is 0 Å². The monoisotopic (exact) mass is 324 g/mol. The molecule has 4 heteroatoms. The molecule has 24 heavy (non-hydrogen) atoms. The van der Waals surface area contributed by atoms with Crippen molar-refractivity contribution < 1.29 is 9.53 Å². The molecule has 126 valence electrons. The summed E-state index contributed by atoms with van der Waals surface area (Å²) in [6.45, 7) is 1.52. The Labute approximate surface area is 143 Å². The van der Waals surface area contributed by atoms with Crippen molar-refractivity contribution in [3.8, 4) is 5.75 Å². The third-order valence-electron chi connectivity index (χ3n) is 4.70. The number of methoxy groups -OCH3 is 1. The first kappa shape index (κ1) is 16.5. The van der Waals surface area contributed by atoms with Crippen LogP contribution in [0.1, 0.15) is 23.5 Å². The third-order valence-corrected chi connectivity index (χ3v) is 4.70. The van der Waals surface area contributed by atoms with E-state index in [4.69, 9.17) is 10.5 Å². The van der Waals surface area contributed by atoms with Crippen molar-refractivity contribution in [1.82, 2.24) is 4.90 Å². The molecule has 3 rings (SSSR count). The van der Waals surface area contributed by atoms with Crippen LogP contribution in [0.15, 0.2) is 54.6 Å². The molecule has 1 fully saturated rings. The maximum absolute atomic E-state index is 12.6. The first-order chi connectivity index (χ1) is 11.7. The van der Waals surface area contributed by atoms with Gasteiger partial charge >= 0.3 is 0 Å². The van der Waals surface area contributed by atoms with Crippen LogP contribution in [0.3, 0.4) is 0 Å². The van der Waals surface area contributed by atoms with Crippen molar-refractivity contribution in [3.05, 3.63) is 65.7 Å². The van der Waals surface area contributed by atoms with Crippen LogP contribution in [-0.2, 0) is 11.2 Å². The molecule has 4 nitrogen and oxygen atoms in total. The molecule has 1 aliphatic heterocycles.